The number of aliphatic carboxylic acids is 1. The monoisotopic (exact) mass is 548 g/mol. The fourth-order valence-electron chi connectivity index (χ4n) is 3.72. The summed E-state index contributed by atoms with van der Waals surface area (Å²) in [5, 5.41) is 19.5. The topological polar surface area (TPSA) is 151 Å². The molecule has 2 rings (SSSR count). The molecule has 0 saturated carbocycles. The summed E-state index contributed by atoms with van der Waals surface area (Å²) in [6.45, 7) is 3.52. The third kappa shape index (κ3) is 9.24. The Hall–Kier alpha value is -2.76. The maximum absolute atomic E-state index is 13.3. The van der Waals surface area contributed by atoms with Gasteiger partial charge in [0.05, 0.1) is 6.04 Å². The molecule has 0 heterocycles. The number of carboxylic acid groups (broad SMARTS) is 1. The van der Waals surface area contributed by atoms with Crippen molar-refractivity contribution in [3.05, 3.63) is 48.0 Å². The highest BCUT2D eigenvalue weighted by atomic mass is 32.2. The average Bonchev–Trinajstić information content (AvgIpc) is 2.87. The third-order valence-corrected chi connectivity index (χ3v) is 6.93. The molecule has 3 amide bonds. The summed E-state index contributed by atoms with van der Waals surface area (Å²) in [6, 6.07) is 9.49. The van der Waals surface area contributed by atoms with Crippen LogP contribution < -0.4 is 21.7 Å². The second kappa shape index (κ2) is 14.8. The second-order valence-electron chi connectivity index (χ2n) is 9.15. The van der Waals surface area contributed by atoms with Crippen LogP contribution in [-0.4, -0.2) is 70.7 Å². The molecule has 6 N–H and O–H groups in total. The number of carbonyl (C=O) groups is 4. The van der Waals surface area contributed by atoms with Crippen molar-refractivity contribution in [2.24, 2.45) is 11.7 Å². The average molecular weight is 549 g/mol. The first kappa shape index (κ1) is 30.5. The zero-order chi connectivity index (χ0) is 27.5. The molecule has 11 heteroatoms. The van der Waals surface area contributed by atoms with Crippen LogP contribution in [0.15, 0.2) is 42.5 Å². The number of benzene rings is 2. The molecule has 2 aromatic carbocycles. The zero-order valence-corrected chi connectivity index (χ0v) is 23.0. The largest absolute Gasteiger partial charge is 0.480 e. The smallest absolute Gasteiger partial charge is 0.326 e. The molecule has 0 spiro atoms. The number of nitrogens with one attached hydrogen (secondary N) is 3. The summed E-state index contributed by atoms with van der Waals surface area (Å²) in [5.41, 5.74) is 6.53. The molecular weight excluding hydrogens is 512 g/mol. The van der Waals surface area contributed by atoms with Crippen LogP contribution in [0, 0.1) is 5.92 Å². The van der Waals surface area contributed by atoms with E-state index in [0.29, 0.717) is 5.75 Å². The number of carboxylic acids is 1. The molecule has 0 aliphatic carbocycles. The van der Waals surface area contributed by atoms with Gasteiger partial charge in [0, 0.05) is 12.2 Å². The highest BCUT2D eigenvalue weighted by molar-refractivity contribution is 7.98. The lowest BCUT2D eigenvalue weighted by Crippen LogP contribution is -2.59. The van der Waals surface area contributed by atoms with Gasteiger partial charge in [0.25, 0.3) is 0 Å². The van der Waals surface area contributed by atoms with E-state index in [1.54, 1.807) is 13.8 Å². The van der Waals surface area contributed by atoms with Gasteiger partial charge in [0.15, 0.2) is 0 Å². The number of thiol groups is 1. The van der Waals surface area contributed by atoms with Crippen LogP contribution in [0.2, 0.25) is 0 Å². The minimum Gasteiger partial charge on any atom is -0.480 e. The molecule has 0 fully saturated rings. The number of hydrogen-bond donors (Lipinski definition) is 6. The first-order valence-electron chi connectivity index (χ1n) is 12.0. The normalized spacial score (nSPS) is 14.4. The van der Waals surface area contributed by atoms with Crippen LogP contribution in [0.3, 0.4) is 0 Å². The van der Waals surface area contributed by atoms with Crippen LogP contribution in [0.1, 0.15) is 25.8 Å². The van der Waals surface area contributed by atoms with E-state index in [2.05, 4.69) is 28.6 Å². The molecule has 37 heavy (non-hydrogen) atoms. The predicted octanol–water partition coefficient (Wildman–Crippen LogP) is 1.59. The molecule has 0 saturated heterocycles. The lowest BCUT2D eigenvalue weighted by atomic mass is 9.99. The lowest BCUT2D eigenvalue weighted by Gasteiger charge is -2.27. The van der Waals surface area contributed by atoms with Gasteiger partial charge in [-0.15, -0.1) is 0 Å². The van der Waals surface area contributed by atoms with Crippen LogP contribution >= 0.6 is 24.4 Å². The van der Waals surface area contributed by atoms with E-state index < -0.39 is 47.9 Å². The van der Waals surface area contributed by atoms with Gasteiger partial charge in [-0.3, -0.25) is 14.4 Å². The first-order valence-corrected chi connectivity index (χ1v) is 14.1. The predicted molar refractivity (Wildman–Crippen MR) is 151 cm³/mol. The highest BCUT2D eigenvalue weighted by Crippen LogP contribution is 2.17. The van der Waals surface area contributed by atoms with Crippen LogP contribution in [0.25, 0.3) is 10.8 Å². The molecular formula is C26H36N4O5S2. The summed E-state index contributed by atoms with van der Waals surface area (Å²) < 4.78 is 0. The molecule has 0 aliphatic heterocycles. The van der Waals surface area contributed by atoms with Crippen molar-refractivity contribution in [3.8, 4) is 0 Å². The van der Waals surface area contributed by atoms with E-state index >= 15 is 0 Å². The standard InChI is InChI=1S/C26H36N4O5S2/c1-15(2)22(30-23(31)19(27)14-36)25(33)29-21(24(32)28-20(26(34)35)10-11-37-3)13-16-8-9-17-6-4-5-7-18(17)12-16/h4-9,12,15,19-22,36H,10-11,13-14,27H2,1-3H3,(H,28,32)(H,29,33)(H,30,31)(H,34,35)/t19-,20-,21-,22-/m0/s1. The Morgan fingerprint density at radius 3 is 2.19 bits per heavy atom. The van der Waals surface area contributed by atoms with E-state index in [1.807, 2.05) is 48.7 Å². The van der Waals surface area contributed by atoms with E-state index in [1.165, 1.54) is 11.8 Å². The number of nitrogens with two attached hydrogens (primary N) is 1. The molecule has 0 aromatic heterocycles. The minimum atomic E-state index is -1.15. The molecule has 4 atom stereocenters. The molecule has 202 valence electrons. The Morgan fingerprint density at radius 1 is 0.946 bits per heavy atom. The molecule has 0 bridgehead atoms. The molecule has 0 unspecified atom stereocenters. The van der Waals surface area contributed by atoms with Gasteiger partial charge in [0.2, 0.25) is 17.7 Å². The number of hydrogen-bond acceptors (Lipinski definition) is 7. The lowest BCUT2D eigenvalue weighted by molar-refractivity contribution is -0.142. The fraction of sp³-hybridized carbons (Fsp3) is 0.462. The van der Waals surface area contributed by atoms with Crippen molar-refractivity contribution in [1.82, 2.24) is 16.0 Å². The van der Waals surface area contributed by atoms with Gasteiger partial charge in [-0.25, -0.2) is 4.79 Å². The van der Waals surface area contributed by atoms with Crippen molar-refractivity contribution in [2.45, 2.75) is 50.9 Å². The van der Waals surface area contributed by atoms with Gasteiger partial charge in [-0.05, 0) is 40.7 Å². The molecule has 0 radical (unpaired) electrons. The van der Waals surface area contributed by atoms with E-state index in [0.717, 1.165) is 16.3 Å². The van der Waals surface area contributed by atoms with Crippen molar-refractivity contribution in [1.29, 1.82) is 0 Å². The van der Waals surface area contributed by atoms with Gasteiger partial charge in [-0.1, -0.05) is 56.3 Å². The fourth-order valence-corrected chi connectivity index (χ4v) is 4.35. The third-order valence-electron chi connectivity index (χ3n) is 5.89. The summed E-state index contributed by atoms with van der Waals surface area (Å²) in [7, 11) is 0. The SMILES string of the molecule is CSCC[C@H](NC(=O)[C@H](Cc1ccc2ccccc2c1)NC(=O)[C@@H](NC(=O)[C@@H](N)CS)C(C)C)C(=O)O. The Labute approximate surface area is 227 Å². The number of amides is 3. The van der Waals surface area contributed by atoms with E-state index in [9.17, 15) is 24.3 Å². The Morgan fingerprint density at radius 2 is 1.59 bits per heavy atom. The molecule has 2 aromatic rings. The number of rotatable bonds is 14. The quantitative estimate of drug-likeness (QED) is 0.196. The summed E-state index contributed by atoms with van der Waals surface area (Å²) in [5.74, 6) is -2.49. The number of fused-ring (bicyclic) bond motifs is 1. The zero-order valence-electron chi connectivity index (χ0n) is 21.3. The van der Waals surface area contributed by atoms with E-state index in [-0.39, 0.29) is 24.5 Å². The number of thioether (sulfide) groups is 1. The maximum Gasteiger partial charge on any atom is 0.326 e. The summed E-state index contributed by atoms with van der Waals surface area (Å²) >= 11 is 5.50. The van der Waals surface area contributed by atoms with Crippen molar-refractivity contribution < 1.29 is 24.3 Å². The summed E-state index contributed by atoms with van der Waals surface area (Å²) in [6.07, 6.45) is 2.22. The van der Waals surface area contributed by atoms with Crippen molar-refractivity contribution >= 4 is 58.9 Å². The highest BCUT2D eigenvalue weighted by Gasteiger charge is 2.31. The van der Waals surface area contributed by atoms with Crippen molar-refractivity contribution in [3.63, 3.8) is 0 Å². The minimum absolute atomic E-state index is 0.109. The van der Waals surface area contributed by atoms with Crippen LogP contribution in [0.4, 0.5) is 0 Å². The van der Waals surface area contributed by atoms with Gasteiger partial charge in [-0.2, -0.15) is 24.4 Å². The second-order valence-corrected chi connectivity index (χ2v) is 10.5. The van der Waals surface area contributed by atoms with Crippen LogP contribution in [-0.2, 0) is 25.6 Å². The van der Waals surface area contributed by atoms with Gasteiger partial charge in [0.1, 0.15) is 18.1 Å². The van der Waals surface area contributed by atoms with E-state index in [4.69, 9.17) is 5.73 Å². The van der Waals surface area contributed by atoms with Gasteiger partial charge >= 0.3 is 5.97 Å². The first-order chi connectivity index (χ1) is 17.6. The van der Waals surface area contributed by atoms with Gasteiger partial charge < -0.3 is 26.8 Å². The van der Waals surface area contributed by atoms with Crippen LogP contribution in [0.5, 0.6) is 0 Å². The number of carbonyl (C=O) groups excluding carboxylic acids is 3. The maximum atomic E-state index is 13.3. The Kier molecular flexibility index (Phi) is 12.2. The molecule has 0 aliphatic rings. The Bertz CT molecular complexity index is 1100. The molecule has 9 nitrogen and oxygen atoms in total. The van der Waals surface area contributed by atoms with Crippen molar-refractivity contribution in [2.75, 3.05) is 17.8 Å². The summed E-state index contributed by atoms with van der Waals surface area (Å²) in [4.78, 5) is 50.6. The Balaban J connectivity index is 2.31.